The molecule has 21 heavy (non-hydrogen) atoms. The standard InChI is InChI=1S/C16H21NO4/c1-16(2)9-8-13(14(18)19)17(11-16)15(20)21-10-12-6-4-3-5-7-12/h3-7,13H,8-11H2,1-2H3,(H,18,19)/i1D3,2D3. The van der Waals surface area contributed by atoms with Crippen molar-refractivity contribution in [3.63, 3.8) is 0 Å². The lowest BCUT2D eigenvalue weighted by atomic mass is 9.81. The first-order valence-electron chi connectivity index (χ1n) is 9.59. The number of nitrogens with zero attached hydrogens (tertiary/aromatic N) is 1. The number of aliphatic carboxylic acids is 1. The van der Waals surface area contributed by atoms with E-state index in [1.54, 1.807) is 30.3 Å². The van der Waals surface area contributed by atoms with E-state index in [0.717, 1.165) is 0 Å². The normalized spacial score (nSPS) is 26.3. The number of hydrogen-bond donors (Lipinski definition) is 1. The van der Waals surface area contributed by atoms with Gasteiger partial charge in [-0.3, -0.25) is 4.90 Å². The van der Waals surface area contributed by atoms with Gasteiger partial charge >= 0.3 is 12.1 Å². The highest BCUT2D eigenvalue weighted by atomic mass is 16.6. The molecule has 1 fully saturated rings. The van der Waals surface area contributed by atoms with Gasteiger partial charge < -0.3 is 9.84 Å². The Labute approximate surface area is 132 Å². The number of likely N-dealkylation sites (tertiary alicyclic amines) is 1. The molecule has 0 aromatic heterocycles. The van der Waals surface area contributed by atoms with E-state index in [4.69, 9.17) is 13.0 Å². The van der Waals surface area contributed by atoms with E-state index in [2.05, 4.69) is 0 Å². The Morgan fingerprint density at radius 3 is 2.76 bits per heavy atom. The Kier molecular flexibility index (Phi) is 2.66. The number of carbonyl (C=O) groups is 2. The third-order valence-electron chi connectivity index (χ3n) is 3.39. The number of piperidine rings is 1. The van der Waals surface area contributed by atoms with Crippen LogP contribution in [0.5, 0.6) is 0 Å². The Morgan fingerprint density at radius 2 is 2.14 bits per heavy atom. The van der Waals surface area contributed by atoms with Gasteiger partial charge in [0.2, 0.25) is 0 Å². The van der Waals surface area contributed by atoms with Crippen molar-refractivity contribution in [2.45, 2.75) is 39.2 Å². The molecule has 0 bridgehead atoms. The highest BCUT2D eigenvalue weighted by Crippen LogP contribution is 2.32. The first kappa shape index (κ1) is 9.07. The number of hydrogen-bond acceptors (Lipinski definition) is 3. The quantitative estimate of drug-likeness (QED) is 0.931. The van der Waals surface area contributed by atoms with Gasteiger partial charge in [-0.05, 0) is 23.8 Å². The molecule has 0 radical (unpaired) electrons. The predicted molar refractivity (Wildman–Crippen MR) is 77.8 cm³/mol. The zero-order chi connectivity index (χ0) is 20.5. The molecule has 0 spiro atoms. The summed E-state index contributed by atoms with van der Waals surface area (Å²) in [6.45, 7) is -6.69. The van der Waals surface area contributed by atoms with Crippen molar-refractivity contribution in [3.8, 4) is 0 Å². The van der Waals surface area contributed by atoms with Crippen LogP contribution < -0.4 is 0 Å². The maximum absolute atomic E-state index is 12.5. The zero-order valence-electron chi connectivity index (χ0n) is 17.4. The van der Waals surface area contributed by atoms with Gasteiger partial charge in [-0.25, -0.2) is 9.59 Å². The largest absolute Gasteiger partial charge is 0.480 e. The minimum Gasteiger partial charge on any atom is -0.480 e. The lowest BCUT2D eigenvalue weighted by Crippen LogP contribution is -2.53. The molecule has 114 valence electrons. The van der Waals surface area contributed by atoms with Crippen LogP contribution in [-0.2, 0) is 16.1 Å². The summed E-state index contributed by atoms with van der Waals surface area (Å²) in [7, 11) is 0. The highest BCUT2D eigenvalue weighted by molar-refractivity contribution is 5.80. The molecule has 2 rings (SSSR count). The molecule has 1 aromatic carbocycles. The lowest BCUT2D eigenvalue weighted by molar-refractivity contribution is -0.145. The second kappa shape index (κ2) is 6.16. The number of carbonyl (C=O) groups excluding carboxylic acids is 1. The first-order chi connectivity index (χ1) is 12.4. The second-order valence-corrected chi connectivity index (χ2v) is 5.14. The van der Waals surface area contributed by atoms with Crippen molar-refractivity contribution in [2.75, 3.05) is 6.54 Å². The Balaban J connectivity index is 2.28. The van der Waals surface area contributed by atoms with E-state index in [1.165, 1.54) is 0 Å². The third-order valence-corrected chi connectivity index (χ3v) is 3.39. The fraction of sp³-hybridized carbons (Fsp3) is 0.500. The van der Waals surface area contributed by atoms with E-state index >= 15 is 0 Å². The molecule has 1 N–H and O–H groups in total. The summed E-state index contributed by atoms with van der Waals surface area (Å²) < 4.78 is 51.4. The molecule has 1 amide bonds. The van der Waals surface area contributed by atoms with Crippen LogP contribution in [0.2, 0.25) is 0 Å². The summed E-state index contributed by atoms with van der Waals surface area (Å²) in [6, 6.07) is 7.31. The molecular weight excluding hydrogens is 270 g/mol. The van der Waals surface area contributed by atoms with Gasteiger partial charge in [0.25, 0.3) is 0 Å². The van der Waals surface area contributed by atoms with Gasteiger partial charge in [-0.2, -0.15) is 0 Å². The van der Waals surface area contributed by atoms with Crippen LogP contribution >= 0.6 is 0 Å². The molecule has 1 saturated heterocycles. The molecule has 0 saturated carbocycles. The Bertz CT molecular complexity index is 674. The molecule has 5 nitrogen and oxygen atoms in total. The van der Waals surface area contributed by atoms with Gasteiger partial charge in [-0.1, -0.05) is 44.0 Å². The maximum Gasteiger partial charge on any atom is 0.410 e. The zero-order valence-corrected chi connectivity index (χ0v) is 11.4. The summed E-state index contributed by atoms with van der Waals surface area (Å²) in [5, 5.41) is 9.39. The summed E-state index contributed by atoms with van der Waals surface area (Å²) in [5.41, 5.74) is -1.55. The average molecular weight is 297 g/mol. The van der Waals surface area contributed by atoms with E-state index in [9.17, 15) is 14.7 Å². The van der Waals surface area contributed by atoms with E-state index in [1.807, 2.05) is 0 Å². The minimum atomic E-state index is -2.90. The topological polar surface area (TPSA) is 66.8 Å². The number of ether oxygens (including phenoxy) is 1. The molecule has 1 heterocycles. The number of amides is 1. The SMILES string of the molecule is [2H]C([2H])([2H])C1(C([2H])([2H])[2H])CCC(C(=O)O)N(C(=O)OCc2ccccc2)C1. The molecule has 1 aromatic rings. The van der Waals surface area contributed by atoms with Crippen LogP contribution in [0.4, 0.5) is 4.79 Å². The van der Waals surface area contributed by atoms with Crippen molar-refractivity contribution in [2.24, 2.45) is 5.41 Å². The third kappa shape index (κ3) is 3.97. The van der Waals surface area contributed by atoms with Crippen LogP contribution in [0.25, 0.3) is 0 Å². The van der Waals surface area contributed by atoms with Gasteiger partial charge in [0.1, 0.15) is 12.6 Å². The average Bonchev–Trinajstić information content (AvgIpc) is 2.58. The van der Waals surface area contributed by atoms with Crippen molar-refractivity contribution in [1.82, 2.24) is 4.90 Å². The summed E-state index contributed by atoms with van der Waals surface area (Å²) >= 11 is 0. The first-order valence-corrected chi connectivity index (χ1v) is 6.59. The van der Waals surface area contributed by atoms with Crippen molar-refractivity contribution in [3.05, 3.63) is 35.9 Å². The number of rotatable bonds is 3. The van der Waals surface area contributed by atoms with Crippen LogP contribution in [0.1, 0.15) is 40.3 Å². The lowest BCUT2D eigenvalue weighted by Gasteiger charge is -2.41. The van der Waals surface area contributed by atoms with Crippen molar-refractivity contribution < 1.29 is 27.7 Å². The fourth-order valence-corrected chi connectivity index (χ4v) is 2.27. The van der Waals surface area contributed by atoms with Gasteiger partial charge in [0.15, 0.2) is 0 Å². The summed E-state index contributed by atoms with van der Waals surface area (Å²) in [4.78, 5) is 24.7. The maximum atomic E-state index is 12.5. The van der Waals surface area contributed by atoms with Crippen LogP contribution in [0, 0.1) is 5.41 Å². The predicted octanol–water partition coefficient (Wildman–Crippen LogP) is 2.90. The summed E-state index contributed by atoms with van der Waals surface area (Å²) in [6.07, 6.45) is -1.70. The minimum absolute atomic E-state index is 0.142. The van der Waals surface area contributed by atoms with Crippen molar-refractivity contribution in [1.29, 1.82) is 0 Å². The Hall–Kier alpha value is -2.04. The van der Waals surface area contributed by atoms with Gasteiger partial charge in [0.05, 0.1) is 0 Å². The molecule has 1 aliphatic rings. The number of carboxylic acids is 1. The van der Waals surface area contributed by atoms with Gasteiger partial charge in [0, 0.05) is 14.8 Å². The fourth-order valence-electron chi connectivity index (χ4n) is 2.27. The van der Waals surface area contributed by atoms with E-state index in [0.29, 0.717) is 10.5 Å². The van der Waals surface area contributed by atoms with Crippen molar-refractivity contribution >= 4 is 12.1 Å². The molecule has 1 atom stereocenters. The molecule has 1 aliphatic heterocycles. The second-order valence-electron chi connectivity index (χ2n) is 5.14. The van der Waals surface area contributed by atoms with Crippen LogP contribution in [0.3, 0.4) is 0 Å². The van der Waals surface area contributed by atoms with E-state index < -0.39 is 43.8 Å². The van der Waals surface area contributed by atoms with Gasteiger partial charge in [-0.15, -0.1) is 0 Å². The summed E-state index contributed by atoms with van der Waals surface area (Å²) in [5.74, 6) is -1.34. The van der Waals surface area contributed by atoms with Crippen LogP contribution in [0.15, 0.2) is 30.3 Å². The molecule has 5 heteroatoms. The molecule has 1 unspecified atom stereocenters. The highest BCUT2D eigenvalue weighted by Gasteiger charge is 2.40. The van der Waals surface area contributed by atoms with E-state index in [-0.39, 0.29) is 19.4 Å². The number of benzene rings is 1. The molecule has 0 aliphatic carbocycles. The smallest absolute Gasteiger partial charge is 0.410 e. The Morgan fingerprint density at radius 1 is 1.43 bits per heavy atom. The van der Waals surface area contributed by atoms with Crippen LogP contribution in [-0.4, -0.2) is 34.7 Å². The molecular formula is C16H21NO4. The number of carboxylic acid groups (broad SMARTS) is 1. The monoisotopic (exact) mass is 297 g/mol.